The van der Waals surface area contributed by atoms with Crippen molar-refractivity contribution in [3.8, 4) is 45.0 Å². The predicted molar refractivity (Wildman–Crippen MR) is 154 cm³/mol. The van der Waals surface area contributed by atoms with Crippen molar-refractivity contribution >= 4 is 21.5 Å². The molecule has 38 heavy (non-hydrogen) atoms. The van der Waals surface area contributed by atoms with Gasteiger partial charge in [-0.15, -0.1) is 0 Å². The number of pyridine rings is 4. The first-order valence-electron chi connectivity index (χ1n) is 12.6. The van der Waals surface area contributed by atoms with Crippen molar-refractivity contribution in [3.63, 3.8) is 0 Å². The van der Waals surface area contributed by atoms with Gasteiger partial charge >= 0.3 is 0 Å². The third kappa shape index (κ3) is 3.89. The monoisotopic (exact) mass is 486 g/mol. The van der Waals surface area contributed by atoms with Gasteiger partial charge in [0, 0.05) is 47.0 Å². The molecule has 0 N–H and O–H groups in total. The minimum atomic E-state index is 0.902. The molecule has 178 valence electrons. The van der Waals surface area contributed by atoms with Crippen LogP contribution in [0.2, 0.25) is 0 Å². The van der Waals surface area contributed by atoms with Gasteiger partial charge in [-0.1, -0.05) is 54.6 Å². The summed E-state index contributed by atoms with van der Waals surface area (Å²) in [4.78, 5) is 18.7. The van der Waals surface area contributed by atoms with Crippen molar-refractivity contribution in [1.29, 1.82) is 0 Å². The second-order valence-corrected chi connectivity index (χ2v) is 9.17. The lowest BCUT2D eigenvalue weighted by Gasteiger charge is -2.15. The molecule has 0 atom stereocenters. The number of hydrogen-bond donors (Lipinski definition) is 0. The minimum absolute atomic E-state index is 0.902. The topological polar surface area (TPSA) is 51.6 Å². The molecule has 0 aliphatic carbocycles. The van der Waals surface area contributed by atoms with E-state index in [1.165, 1.54) is 10.8 Å². The number of benzene rings is 3. The van der Waals surface area contributed by atoms with Gasteiger partial charge in [0.05, 0.1) is 22.8 Å². The summed E-state index contributed by atoms with van der Waals surface area (Å²) in [6.07, 6.45) is 7.26. The fraction of sp³-hybridized carbons (Fsp3) is 0. The van der Waals surface area contributed by atoms with Crippen molar-refractivity contribution < 1.29 is 0 Å². The molecule has 4 heterocycles. The quantitative estimate of drug-likeness (QED) is 0.235. The normalized spacial score (nSPS) is 11.2. The van der Waals surface area contributed by atoms with Crippen molar-refractivity contribution in [1.82, 2.24) is 19.9 Å². The molecule has 0 amide bonds. The summed E-state index contributed by atoms with van der Waals surface area (Å²) in [5, 5.41) is 4.63. The van der Waals surface area contributed by atoms with E-state index < -0.39 is 0 Å². The van der Waals surface area contributed by atoms with Crippen LogP contribution in [-0.2, 0) is 0 Å². The maximum atomic E-state index is 5.11. The summed E-state index contributed by atoms with van der Waals surface area (Å²) in [7, 11) is 0. The highest BCUT2D eigenvalue weighted by molar-refractivity contribution is 6.15. The number of hydrogen-bond acceptors (Lipinski definition) is 4. The average Bonchev–Trinajstić information content (AvgIpc) is 3.00. The zero-order valence-electron chi connectivity index (χ0n) is 20.5. The van der Waals surface area contributed by atoms with Gasteiger partial charge in [-0.05, 0) is 76.1 Å². The van der Waals surface area contributed by atoms with Crippen LogP contribution in [0.15, 0.2) is 134 Å². The zero-order chi connectivity index (χ0) is 25.3. The molecule has 4 aromatic heterocycles. The van der Waals surface area contributed by atoms with E-state index in [0.717, 1.165) is 55.8 Å². The van der Waals surface area contributed by atoms with Gasteiger partial charge in [-0.25, -0.2) is 9.97 Å². The second-order valence-electron chi connectivity index (χ2n) is 9.17. The standard InChI is InChI=1S/C34H22N4/c1-2-11-26-23(8-1)20-29-27(32-16-4-14-30(37-32)24-9-6-18-35-21-24)12-3-13-28(29)34(26)33-17-5-15-31(38-33)25-10-7-19-36-22-25/h1-22H. The first kappa shape index (κ1) is 22.0. The van der Waals surface area contributed by atoms with Crippen LogP contribution in [0.4, 0.5) is 0 Å². The van der Waals surface area contributed by atoms with E-state index in [9.17, 15) is 0 Å². The first-order valence-corrected chi connectivity index (χ1v) is 12.6. The summed E-state index contributed by atoms with van der Waals surface area (Å²) in [6, 6.07) is 37.5. The van der Waals surface area contributed by atoms with Crippen molar-refractivity contribution in [2.45, 2.75) is 0 Å². The average molecular weight is 487 g/mol. The van der Waals surface area contributed by atoms with E-state index in [1.807, 2.05) is 48.8 Å². The molecule has 4 heteroatoms. The van der Waals surface area contributed by atoms with E-state index in [-0.39, 0.29) is 0 Å². The first-order chi connectivity index (χ1) is 18.8. The lowest BCUT2D eigenvalue weighted by molar-refractivity contribution is 1.28. The van der Waals surface area contributed by atoms with E-state index in [0.29, 0.717) is 0 Å². The van der Waals surface area contributed by atoms with Crippen LogP contribution >= 0.6 is 0 Å². The second kappa shape index (κ2) is 9.34. The van der Waals surface area contributed by atoms with Crippen LogP contribution in [0.1, 0.15) is 0 Å². The van der Waals surface area contributed by atoms with Gasteiger partial charge in [0.1, 0.15) is 0 Å². The van der Waals surface area contributed by atoms with Gasteiger partial charge in [-0.3, -0.25) is 9.97 Å². The summed E-state index contributed by atoms with van der Waals surface area (Å²) in [5.74, 6) is 0. The lowest BCUT2D eigenvalue weighted by Crippen LogP contribution is -1.93. The predicted octanol–water partition coefficient (Wildman–Crippen LogP) is 8.24. The molecule has 7 rings (SSSR count). The van der Waals surface area contributed by atoms with Gasteiger partial charge in [-0.2, -0.15) is 0 Å². The lowest BCUT2D eigenvalue weighted by atomic mass is 9.91. The van der Waals surface area contributed by atoms with Gasteiger partial charge in [0.2, 0.25) is 0 Å². The van der Waals surface area contributed by atoms with Crippen LogP contribution in [0.3, 0.4) is 0 Å². The van der Waals surface area contributed by atoms with Gasteiger partial charge in [0.25, 0.3) is 0 Å². The Bertz CT molecular complexity index is 1920. The molecule has 4 nitrogen and oxygen atoms in total. The van der Waals surface area contributed by atoms with Gasteiger partial charge < -0.3 is 0 Å². The summed E-state index contributed by atoms with van der Waals surface area (Å²) in [5.41, 5.74) is 7.86. The Hall–Kier alpha value is -5.22. The van der Waals surface area contributed by atoms with E-state index >= 15 is 0 Å². The fourth-order valence-corrected chi connectivity index (χ4v) is 5.10. The molecular weight excluding hydrogens is 464 g/mol. The third-order valence-electron chi connectivity index (χ3n) is 6.85. The highest BCUT2D eigenvalue weighted by Gasteiger charge is 2.15. The number of rotatable bonds is 4. The summed E-state index contributed by atoms with van der Waals surface area (Å²) < 4.78 is 0. The molecule has 0 bridgehead atoms. The number of aromatic nitrogens is 4. The van der Waals surface area contributed by atoms with Crippen LogP contribution in [0.25, 0.3) is 66.6 Å². The van der Waals surface area contributed by atoms with E-state index in [4.69, 9.17) is 9.97 Å². The highest BCUT2D eigenvalue weighted by atomic mass is 14.7. The number of nitrogens with zero attached hydrogens (tertiary/aromatic N) is 4. The molecule has 0 saturated heterocycles. The molecule has 0 spiro atoms. The van der Waals surface area contributed by atoms with Crippen LogP contribution in [0.5, 0.6) is 0 Å². The van der Waals surface area contributed by atoms with Crippen LogP contribution in [-0.4, -0.2) is 19.9 Å². The van der Waals surface area contributed by atoms with Crippen LogP contribution < -0.4 is 0 Å². The molecule has 0 radical (unpaired) electrons. The van der Waals surface area contributed by atoms with Crippen molar-refractivity contribution in [2.24, 2.45) is 0 Å². The largest absolute Gasteiger partial charge is 0.264 e. The summed E-state index contributed by atoms with van der Waals surface area (Å²) >= 11 is 0. The van der Waals surface area contributed by atoms with Crippen molar-refractivity contribution in [3.05, 3.63) is 134 Å². The number of fused-ring (bicyclic) bond motifs is 2. The Morgan fingerprint density at radius 3 is 1.74 bits per heavy atom. The Morgan fingerprint density at radius 1 is 0.421 bits per heavy atom. The molecule has 0 aliphatic rings. The summed E-state index contributed by atoms with van der Waals surface area (Å²) in [6.45, 7) is 0. The minimum Gasteiger partial charge on any atom is -0.264 e. The smallest absolute Gasteiger partial charge is 0.0725 e. The van der Waals surface area contributed by atoms with Crippen LogP contribution in [0, 0.1) is 0 Å². The SMILES string of the molecule is c1cncc(-c2cccc(-c3cccc4c(-c5cccc(-c6cccnc6)n5)c5ccccc5cc34)n2)c1. The Kier molecular flexibility index (Phi) is 5.41. The maximum Gasteiger partial charge on any atom is 0.0725 e. The molecule has 0 aliphatic heterocycles. The Morgan fingerprint density at radius 2 is 1.03 bits per heavy atom. The molecule has 0 unspecified atom stereocenters. The Balaban J connectivity index is 1.48. The maximum absolute atomic E-state index is 5.11. The molecule has 0 fully saturated rings. The highest BCUT2D eigenvalue weighted by Crippen LogP contribution is 2.40. The molecule has 3 aromatic carbocycles. The zero-order valence-corrected chi connectivity index (χ0v) is 20.5. The van der Waals surface area contributed by atoms with E-state index in [1.54, 1.807) is 12.4 Å². The van der Waals surface area contributed by atoms with Crippen molar-refractivity contribution in [2.75, 3.05) is 0 Å². The molecule has 7 aromatic rings. The fourth-order valence-electron chi connectivity index (χ4n) is 5.10. The van der Waals surface area contributed by atoms with E-state index in [2.05, 4.69) is 82.8 Å². The Labute approximate surface area is 220 Å². The third-order valence-corrected chi connectivity index (χ3v) is 6.85. The van der Waals surface area contributed by atoms with Gasteiger partial charge in [0.15, 0.2) is 0 Å². The molecular formula is C34H22N4. The molecule has 0 saturated carbocycles.